The number of anilines is 3. The summed E-state index contributed by atoms with van der Waals surface area (Å²) < 4.78 is 56.3. The van der Waals surface area contributed by atoms with Gasteiger partial charge in [0.25, 0.3) is 5.91 Å². The molecule has 0 aliphatic carbocycles. The summed E-state index contributed by atoms with van der Waals surface area (Å²) in [6.07, 6.45) is -2.41. The molecule has 3 heterocycles. The predicted molar refractivity (Wildman–Crippen MR) is 138 cm³/mol. The highest BCUT2D eigenvalue weighted by Crippen LogP contribution is 2.37. The molecule has 8 nitrogen and oxygen atoms in total. The van der Waals surface area contributed by atoms with Crippen molar-refractivity contribution in [1.29, 1.82) is 0 Å². The van der Waals surface area contributed by atoms with Gasteiger partial charge >= 0.3 is 6.18 Å². The number of hydrogen-bond donors (Lipinski definition) is 1. The van der Waals surface area contributed by atoms with E-state index in [0.717, 1.165) is 0 Å². The van der Waals surface area contributed by atoms with E-state index < -0.39 is 35.3 Å². The Morgan fingerprint density at radius 1 is 1.18 bits per heavy atom. The molecule has 1 aromatic heterocycles. The van der Waals surface area contributed by atoms with Crippen LogP contribution in [0.5, 0.6) is 0 Å². The maximum absolute atomic E-state index is 15.5. The Morgan fingerprint density at radius 3 is 2.53 bits per heavy atom. The third kappa shape index (κ3) is 5.69. The van der Waals surface area contributed by atoms with Crippen molar-refractivity contribution in [3.05, 3.63) is 47.9 Å². The molecule has 1 N–H and O–H groups in total. The minimum absolute atomic E-state index is 0.120. The van der Waals surface area contributed by atoms with Crippen LogP contribution in [0.1, 0.15) is 6.92 Å². The van der Waals surface area contributed by atoms with Crippen LogP contribution in [0.25, 0.3) is 11.1 Å². The van der Waals surface area contributed by atoms with Crippen molar-refractivity contribution in [1.82, 2.24) is 9.88 Å². The van der Waals surface area contributed by atoms with Gasteiger partial charge in [-0.3, -0.25) is 9.59 Å². The van der Waals surface area contributed by atoms with Crippen molar-refractivity contribution in [2.24, 2.45) is 10.9 Å². The van der Waals surface area contributed by atoms with E-state index in [-0.39, 0.29) is 17.3 Å². The predicted octanol–water partition coefficient (Wildman–Crippen LogP) is 3.75. The quantitative estimate of drug-likeness (QED) is 0.591. The first-order valence-corrected chi connectivity index (χ1v) is 12.0. The van der Waals surface area contributed by atoms with Gasteiger partial charge in [0.2, 0.25) is 5.91 Å². The van der Waals surface area contributed by atoms with Crippen LogP contribution in [0.15, 0.2) is 47.1 Å². The molecule has 2 aliphatic rings. The summed E-state index contributed by atoms with van der Waals surface area (Å²) >= 11 is 0. The first-order chi connectivity index (χ1) is 17.8. The molecule has 0 spiro atoms. The van der Waals surface area contributed by atoms with E-state index in [4.69, 9.17) is 0 Å². The van der Waals surface area contributed by atoms with E-state index in [2.05, 4.69) is 20.2 Å². The lowest BCUT2D eigenvalue weighted by Crippen LogP contribution is -2.50. The molecule has 2 amide bonds. The van der Waals surface area contributed by atoms with Crippen LogP contribution in [0.3, 0.4) is 0 Å². The SMILES string of the molecule is C[C@H]1CN(c2cc(F)c(-c3ccc(N(C)C)nc3)cc2NC(=O)C2C=NC(=O)C=C2C(F)(F)F)CCN1C. The number of aliphatic imine (C=N–C) groups is 1. The zero-order valence-electron chi connectivity index (χ0n) is 21.4. The van der Waals surface area contributed by atoms with Gasteiger partial charge in [-0.1, -0.05) is 0 Å². The van der Waals surface area contributed by atoms with E-state index >= 15 is 4.39 Å². The molecule has 2 aromatic rings. The number of piperazine rings is 1. The number of nitrogens with one attached hydrogen (secondary N) is 1. The van der Waals surface area contributed by atoms with Crippen molar-refractivity contribution >= 4 is 35.2 Å². The smallest absolute Gasteiger partial charge is 0.367 e. The average Bonchev–Trinajstić information content (AvgIpc) is 2.86. The number of dihydropyridines is 1. The molecule has 2 atom stereocenters. The Bertz CT molecular complexity index is 1290. The molecule has 202 valence electrons. The van der Waals surface area contributed by atoms with Crippen LogP contribution < -0.4 is 15.1 Å². The summed E-state index contributed by atoms with van der Waals surface area (Å²) in [5.74, 6) is -3.87. The zero-order chi connectivity index (χ0) is 27.8. The Labute approximate surface area is 217 Å². The number of hydrogen-bond acceptors (Lipinski definition) is 6. The molecule has 0 bridgehead atoms. The molecule has 1 aromatic carbocycles. The minimum atomic E-state index is -4.91. The molecular formula is C26H28F4N6O2. The lowest BCUT2D eigenvalue weighted by atomic mass is 9.95. The zero-order valence-corrected chi connectivity index (χ0v) is 21.4. The molecule has 1 unspecified atom stereocenters. The second-order valence-electron chi connectivity index (χ2n) is 9.61. The highest BCUT2D eigenvalue weighted by Gasteiger charge is 2.43. The van der Waals surface area contributed by atoms with E-state index in [1.165, 1.54) is 18.3 Å². The molecule has 0 saturated carbocycles. The van der Waals surface area contributed by atoms with E-state index in [1.807, 2.05) is 33.0 Å². The largest absolute Gasteiger partial charge is 0.414 e. The fraction of sp³-hybridized carbons (Fsp3) is 0.385. The number of halogens is 4. The van der Waals surface area contributed by atoms with Gasteiger partial charge in [-0.15, -0.1) is 0 Å². The van der Waals surface area contributed by atoms with Crippen molar-refractivity contribution in [2.45, 2.75) is 19.1 Å². The monoisotopic (exact) mass is 532 g/mol. The van der Waals surface area contributed by atoms with Crippen molar-refractivity contribution in [3.8, 4) is 11.1 Å². The van der Waals surface area contributed by atoms with E-state index in [1.54, 1.807) is 17.0 Å². The molecule has 12 heteroatoms. The van der Waals surface area contributed by atoms with Crippen LogP contribution in [0.4, 0.5) is 34.8 Å². The second kappa shape index (κ2) is 10.5. The standard InChI is InChI=1S/C26H28F4N6O2/c1-15-14-36(8-7-35(15)4)22-11-20(27)17(16-5-6-23(31-12-16)34(2)3)9-21(22)33-25(38)18-13-32-24(37)10-19(18)26(28,29)30/h5-6,9-13,15,18H,7-8,14H2,1-4H3,(H,33,38)/t15-,18?/m0/s1. The topological polar surface area (TPSA) is 81.1 Å². The maximum Gasteiger partial charge on any atom is 0.414 e. The van der Waals surface area contributed by atoms with Crippen LogP contribution in [-0.4, -0.2) is 80.9 Å². The second-order valence-corrected chi connectivity index (χ2v) is 9.61. The molecule has 38 heavy (non-hydrogen) atoms. The number of carbonyl (C=O) groups is 2. The fourth-order valence-electron chi connectivity index (χ4n) is 4.39. The Morgan fingerprint density at radius 2 is 1.92 bits per heavy atom. The maximum atomic E-state index is 15.5. The van der Waals surface area contributed by atoms with Gasteiger partial charge in [0.05, 0.1) is 16.9 Å². The Kier molecular flexibility index (Phi) is 7.54. The number of benzene rings is 1. The molecule has 1 fully saturated rings. The number of alkyl halides is 3. The van der Waals surface area contributed by atoms with Gasteiger partial charge < -0.3 is 20.0 Å². The molecule has 0 radical (unpaired) electrons. The summed E-state index contributed by atoms with van der Waals surface area (Å²) in [5, 5.41) is 2.55. The summed E-state index contributed by atoms with van der Waals surface area (Å²) in [5.41, 5.74) is -0.258. The number of amides is 2. The van der Waals surface area contributed by atoms with Crippen LogP contribution in [0, 0.1) is 11.7 Å². The van der Waals surface area contributed by atoms with E-state index in [0.29, 0.717) is 49.0 Å². The Balaban J connectivity index is 1.75. The van der Waals surface area contributed by atoms with Gasteiger partial charge in [-0.25, -0.2) is 14.4 Å². The van der Waals surface area contributed by atoms with Gasteiger partial charge in [-0.2, -0.15) is 13.2 Å². The van der Waals surface area contributed by atoms with Crippen LogP contribution >= 0.6 is 0 Å². The lowest BCUT2D eigenvalue weighted by Gasteiger charge is -2.40. The molecule has 4 rings (SSSR count). The molecule has 2 aliphatic heterocycles. The molecular weight excluding hydrogens is 504 g/mol. The fourth-order valence-corrected chi connectivity index (χ4v) is 4.39. The van der Waals surface area contributed by atoms with Crippen LogP contribution in [-0.2, 0) is 9.59 Å². The highest BCUT2D eigenvalue weighted by atomic mass is 19.4. The third-order valence-corrected chi connectivity index (χ3v) is 6.74. The lowest BCUT2D eigenvalue weighted by molar-refractivity contribution is -0.124. The third-order valence-electron chi connectivity index (χ3n) is 6.74. The summed E-state index contributed by atoms with van der Waals surface area (Å²) in [6, 6.07) is 6.18. The van der Waals surface area contributed by atoms with E-state index in [9.17, 15) is 22.8 Å². The van der Waals surface area contributed by atoms with Crippen LogP contribution in [0.2, 0.25) is 0 Å². The van der Waals surface area contributed by atoms with Crippen molar-refractivity contribution in [3.63, 3.8) is 0 Å². The first-order valence-electron chi connectivity index (χ1n) is 12.0. The normalized spacial score (nSPS) is 20.4. The minimum Gasteiger partial charge on any atom is -0.367 e. The number of likely N-dealkylation sites (N-methyl/N-ethyl adjacent to an activating group) is 1. The number of carbonyl (C=O) groups excluding carboxylic acids is 2. The van der Waals surface area contributed by atoms with Crippen molar-refractivity contribution in [2.75, 3.05) is 55.9 Å². The number of pyridine rings is 1. The van der Waals surface area contributed by atoms with Crippen molar-refractivity contribution < 1.29 is 27.2 Å². The average molecular weight is 533 g/mol. The first kappa shape index (κ1) is 27.2. The number of rotatable bonds is 5. The van der Waals surface area contributed by atoms with Gasteiger partial charge in [0, 0.05) is 69.4 Å². The summed E-state index contributed by atoms with van der Waals surface area (Å²) in [6.45, 7) is 3.72. The number of aromatic nitrogens is 1. The summed E-state index contributed by atoms with van der Waals surface area (Å²) in [4.78, 5) is 38.1. The van der Waals surface area contributed by atoms with Gasteiger partial charge in [-0.05, 0) is 38.2 Å². The van der Waals surface area contributed by atoms with Gasteiger partial charge in [0.15, 0.2) is 0 Å². The summed E-state index contributed by atoms with van der Waals surface area (Å²) in [7, 11) is 5.59. The number of nitrogens with zero attached hydrogens (tertiary/aromatic N) is 5. The van der Waals surface area contributed by atoms with Gasteiger partial charge in [0.1, 0.15) is 17.6 Å². The highest BCUT2D eigenvalue weighted by molar-refractivity contribution is 6.11. The Hall–Kier alpha value is -3.80. The molecule has 1 saturated heterocycles.